The lowest BCUT2D eigenvalue weighted by Gasteiger charge is -2.18. The molecule has 1 aliphatic rings. The summed E-state index contributed by atoms with van der Waals surface area (Å²) in [7, 11) is 0. The first kappa shape index (κ1) is 10.5. The maximum Gasteiger partial charge on any atom is 0.0868 e. The average molecular weight is 222 g/mol. The topological polar surface area (TPSA) is 33.0 Å². The number of hydrogen-bond acceptors (Lipinski definition) is 2. The number of hydrogen-bond donors (Lipinski definition) is 0. The van der Waals surface area contributed by atoms with Gasteiger partial charge in [-0.25, -0.2) is 0 Å². The van der Waals surface area contributed by atoms with Crippen LogP contribution in [0, 0.1) is 16.7 Å². The van der Waals surface area contributed by atoms with Crippen LogP contribution in [0.3, 0.4) is 0 Å². The zero-order valence-corrected chi connectivity index (χ0v) is 9.13. The Morgan fingerprint density at radius 3 is 3.00 bits per heavy atom. The Labute approximate surface area is 94.4 Å². The number of benzene rings is 1. The Morgan fingerprint density at radius 2 is 2.40 bits per heavy atom. The largest absolute Gasteiger partial charge is 0.380 e. The average Bonchev–Trinajstić information content (AvgIpc) is 2.67. The van der Waals surface area contributed by atoms with Gasteiger partial charge in [0.25, 0.3) is 0 Å². The highest BCUT2D eigenvalue weighted by atomic mass is 35.5. The second-order valence-corrected chi connectivity index (χ2v) is 4.44. The Morgan fingerprint density at radius 1 is 1.53 bits per heavy atom. The summed E-state index contributed by atoms with van der Waals surface area (Å²) in [5, 5.41) is 9.91. The molecule has 0 aliphatic carbocycles. The highest BCUT2D eigenvalue weighted by Gasteiger charge is 2.35. The zero-order valence-electron chi connectivity index (χ0n) is 8.37. The van der Waals surface area contributed by atoms with Crippen molar-refractivity contribution in [1.29, 1.82) is 5.26 Å². The predicted molar refractivity (Wildman–Crippen MR) is 58.6 cm³/mol. The van der Waals surface area contributed by atoms with E-state index in [-0.39, 0.29) is 5.41 Å². The molecule has 15 heavy (non-hydrogen) atoms. The molecule has 0 amide bonds. The van der Waals surface area contributed by atoms with Crippen LogP contribution in [0.25, 0.3) is 0 Å². The maximum atomic E-state index is 9.18. The molecule has 3 heteroatoms. The first-order valence-corrected chi connectivity index (χ1v) is 5.35. The first-order valence-electron chi connectivity index (χ1n) is 4.98. The van der Waals surface area contributed by atoms with Crippen molar-refractivity contribution in [2.45, 2.75) is 12.8 Å². The van der Waals surface area contributed by atoms with E-state index in [1.807, 2.05) is 24.3 Å². The summed E-state index contributed by atoms with van der Waals surface area (Å²) < 4.78 is 5.30. The van der Waals surface area contributed by atoms with Crippen LogP contribution < -0.4 is 0 Å². The zero-order chi connectivity index (χ0) is 10.7. The standard InChI is InChI=1S/C12H12ClNO/c13-11-3-1-2-10(6-11)7-12(8-14)4-5-15-9-12/h1-3,6H,4-5,7,9H2. The Bertz CT molecular complexity index is 391. The summed E-state index contributed by atoms with van der Waals surface area (Å²) in [5.41, 5.74) is 0.763. The van der Waals surface area contributed by atoms with Gasteiger partial charge in [-0.1, -0.05) is 23.7 Å². The lowest BCUT2D eigenvalue weighted by atomic mass is 9.82. The van der Waals surface area contributed by atoms with Crippen LogP contribution in [0.5, 0.6) is 0 Å². The van der Waals surface area contributed by atoms with E-state index in [4.69, 9.17) is 16.3 Å². The number of nitrogens with zero attached hydrogens (tertiary/aromatic N) is 1. The molecule has 1 fully saturated rings. The van der Waals surface area contributed by atoms with Gasteiger partial charge < -0.3 is 4.74 Å². The molecule has 78 valence electrons. The molecule has 1 saturated heterocycles. The molecule has 1 aromatic carbocycles. The van der Waals surface area contributed by atoms with Crippen molar-refractivity contribution >= 4 is 11.6 Å². The predicted octanol–water partition coefficient (Wildman–Crippen LogP) is 2.81. The van der Waals surface area contributed by atoms with Crippen molar-refractivity contribution < 1.29 is 4.74 Å². The molecule has 1 heterocycles. The second-order valence-electron chi connectivity index (χ2n) is 4.00. The van der Waals surface area contributed by atoms with E-state index in [0.29, 0.717) is 13.2 Å². The molecule has 0 saturated carbocycles. The lowest BCUT2D eigenvalue weighted by molar-refractivity contribution is 0.171. The summed E-state index contributed by atoms with van der Waals surface area (Å²) in [5.74, 6) is 0. The minimum Gasteiger partial charge on any atom is -0.380 e. The second kappa shape index (κ2) is 4.22. The van der Waals surface area contributed by atoms with Crippen molar-refractivity contribution in [3.05, 3.63) is 34.9 Å². The van der Waals surface area contributed by atoms with Crippen molar-refractivity contribution in [2.24, 2.45) is 5.41 Å². The van der Waals surface area contributed by atoms with Gasteiger partial charge in [0.05, 0.1) is 18.1 Å². The number of nitriles is 1. The summed E-state index contributed by atoms with van der Waals surface area (Å²) in [6.45, 7) is 1.23. The smallest absolute Gasteiger partial charge is 0.0868 e. The third-order valence-electron chi connectivity index (χ3n) is 2.77. The summed E-state index contributed by atoms with van der Waals surface area (Å²) in [6, 6.07) is 10.1. The van der Waals surface area contributed by atoms with Crippen LogP contribution in [-0.2, 0) is 11.2 Å². The van der Waals surface area contributed by atoms with Gasteiger partial charge in [-0.2, -0.15) is 5.26 Å². The van der Waals surface area contributed by atoms with Gasteiger partial charge in [-0.05, 0) is 30.5 Å². The minimum atomic E-state index is -0.343. The SMILES string of the molecule is N#CC1(Cc2cccc(Cl)c2)CCOC1. The molecule has 1 aliphatic heterocycles. The monoisotopic (exact) mass is 221 g/mol. The van der Waals surface area contributed by atoms with Gasteiger partial charge >= 0.3 is 0 Å². The number of rotatable bonds is 2. The van der Waals surface area contributed by atoms with Crippen molar-refractivity contribution in [3.8, 4) is 6.07 Å². The minimum absolute atomic E-state index is 0.343. The molecule has 0 bridgehead atoms. The maximum absolute atomic E-state index is 9.18. The van der Waals surface area contributed by atoms with Crippen LogP contribution in [-0.4, -0.2) is 13.2 Å². The Hall–Kier alpha value is -1.04. The fourth-order valence-electron chi connectivity index (χ4n) is 1.91. The highest BCUT2D eigenvalue weighted by molar-refractivity contribution is 6.30. The van der Waals surface area contributed by atoms with Gasteiger partial charge in [0.15, 0.2) is 0 Å². The molecule has 0 radical (unpaired) electrons. The number of ether oxygens (including phenoxy) is 1. The van der Waals surface area contributed by atoms with Crippen LogP contribution in [0.15, 0.2) is 24.3 Å². The van der Waals surface area contributed by atoms with Crippen LogP contribution in [0.2, 0.25) is 5.02 Å². The van der Waals surface area contributed by atoms with E-state index >= 15 is 0 Å². The van der Waals surface area contributed by atoms with Gasteiger partial charge in [0.1, 0.15) is 0 Å². The molecule has 2 nitrogen and oxygen atoms in total. The van der Waals surface area contributed by atoms with E-state index in [1.165, 1.54) is 0 Å². The van der Waals surface area contributed by atoms with Gasteiger partial charge in [0, 0.05) is 11.6 Å². The van der Waals surface area contributed by atoms with Gasteiger partial charge in [-0.3, -0.25) is 0 Å². The highest BCUT2D eigenvalue weighted by Crippen LogP contribution is 2.32. The normalized spacial score (nSPS) is 25.1. The third-order valence-corrected chi connectivity index (χ3v) is 3.01. The van der Waals surface area contributed by atoms with E-state index in [0.717, 1.165) is 23.4 Å². The number of halogens is 1. The van der Waals surface area contributed by atoms with Crippen molar-refractivity contribution in [2.75, 3.05) is 13.2 Å². The van der Waals surface area contributed by atoms with Crippen molar-refractivity contribution in [1.82, 2.24) is 0 Å². The molecule has 0 N–H and O–H groups in total. The fraction of sp³-hybridized carbons (Fsp3) is 0.417. The molecule has 2 rings (SSSR count). The van der Waals surface area contributed by atoms with Gasteiger partial charge in [-0.15, -0.1) is 0 Å². The molecule has 0 spiro atoms. The summed E-state index contributed by atoms with van der Waals surface area (Å²) in [6.07, 6.45) is 1.54. The lowest BCUT2D eigenvalue weighted by Crippen LogP contribution is -2.21. The van der Waals surface area contributed by atoms with E-state index < -0.39 is 0 Å². The molecular weight excluding hydrogens is 210 g/mol. The quantitative estimate of drug-likeness (QED) is 0.770. The van der Waals surface area contributed by atoms with Crippen LogP contribution in [0.1, 0.15) is 12.0 Å². The molecule has 1 atom stereocenters. The third kappa shape index (κ3) is 2.31. The van der Waals surface area contributed by atoms with Crippen LogP contribution >= 0.6 is 11.6 Å². The Kier molecular flexibility index (Phi) is 2.95. The fourth-order valence-corrected chi connectivity index (χ4v) is 2.12. The molecular formula is C12H12ClNO. The Balaban J connectivity index is 2.17. The molecule has 0 aromatic heterocycles. The molecule has 1 unspecified atom stereocenters. The summed E-state index contributed by atoms with van der Waals surface area (Å²) >= 11 is 5.90. The van der Waals surface area contributed by atoms with Gasteiger partial charge in [0.2, 0.25) is 0 Å². The van der Waals surface area contributed by atoms with Crippen LogP contribution in [0.4, 0.5) is 0 Å². The summed E-state index contributed by atoms with van der Waals surface area (Å²) in [4.78, 5) is 0. The van der Waals surface area contributed by atoms with E-state index in [2.05, 4.69) is 6.07 Å². The van der Waals surface area contributed by atoms with Crippen molar-refractivity contribution in [3.63, 3.8) is 0 Å². The molecule has 1 aromatic rings. The van der Waals surface area contributed by atoms with E-state index in [9.17, 15) is 5.26 Å². The van der Waals surface area contributed by atoms with E-state index in [1.54, 1.807) is 0 Å². The first-order chi connectivity index (χ1) is 7.24.